The predicted molar refractivity (Wildman–Crippen MR) is 136 cm³/mol. The van der Waals surface area contributed by atoms with Crippen molar-refractivity contribution >= 4 is 23.3 Å². The molecule has 4 rings (SSSR count). The molecule has 2 N–H and O–H groups in total. The molecule has 36 heavy (non-hydrogen) atoms. The van der Waals surface area contributed by atoms with Crippen molar-refractivity contribution in [2.75, 3.05) is 5.32 Å². The summed E-state index contributed by atoms with van der Waals surface area (Å²) in [4.78, 5) is 24.4. The smallest absolute Gasteiger partial charge is 0.411 e. The van der Waals surface area contributed by atoms with Crippen molar-refractivity contribution in [3.05, 3.63) is 83.2 Å². The van der Waals surface area contributed by atoms with E-state index in [0.717, 1.165) is 16.7 Å². The van der Waals surface area contributed by atoms with E-state index in [9.17, 15) is 19.1 Å². The lowest BCUT2D eigenvalue weighted by atomic mass is 9.69. The SMILES string of the molecule is Cc1cc(C2=C(/C=C/[C@H]3C[C@H](O)CC(=O)O3)C(C)(C)CC(OC(=O)Nc3ccccc3)C2)ccc1F. The second-order valence-electron chi connectivity index (χ2n) is 10.1. The second kappa shape index (κ2) is 10.7. The number of carbonyl (C=O) groups excluding carboxylic acids is 2. The van der Waals surface area contributed by atoms with Gasteiger partial charge in [-0.3, -0.25) is 10.1 Å². The molecule has 1 amide bonds. The van der Waals surface area contributed by atoms with Crippen LogP contribution in [0.2, 0.25) is 0 Å². The average molecular weight is 494 g/mol. The number of nitrogens with one attached hydrogen (secondary N) is 1. The fraction of sp³-hybridized carbons (Fsp3) is 0.379. The maximum Gasteiger partial charge on any atom is 0.411 e. The van der Waals surface area contributed by atoms with E-state index < -0.39 is 35.8 Å². The first-order valence-corrected chi connectivity index (χ1v) is 12.2. The summed E-state index contributed by atoms with van der Waals surface area (Å²) in [6, 6.07) is 14.1. The van der Waals surface area contributed by atoms with Crippen molar-refractivity contribution in [1.29, 1.82) is 0 Å². The Hall–Kier alpha value is -3.45. The molecular weight excluding hydrogens is 461 g/mol. The van der Waals surface area contributed by atoms with Crippen LogP contribution in [0.25, 0.3) is 5.57 Å². The van der Waals surface area contributed by atoms with Crippen molar-refractivity contribution in [3.63, 3.8) is 0 Å². The van der Waals surface area contributed by atoms with E-state index >= 15 is 0 Å². The zero-order chi connectivity index (χ0) is 25.9. The molecule has 7 heteroatoms. The van der Waals surface area contributed by atoms with Gasteiger partial charge in [-0.1, -0.05) is 44.2 Å². The van der Waals surface area contributed by atoms with Crippen LogP contribution in [0.1, 0.15) is 50.7 Å². The van der Waals surface area contributed by atoms with E-state index in [1.807, 2.05) is 24.3 Å². The number of para-hydroxylation sites is 1. The zero-order valence-corrected chi connectivity index (χ0v) is 20.8. The number of aryl methyl sites for hydroxylation is 1. The van der Waals surface area contributed by atoms with Gasteiger partial charge in [0.2, 0.25) is 0 Å². The van der Waals surface area contributed by atoms with Crippen LogP contribution in [0, 0.1) is 18.2 Å². The maximum absolute atomic E-state index is 14.1. The Balaban J connectivity index is 1.63. The first-order chi connectivity index (χ1) is 17.1. The fourth-order valence-electron chi connectivity index (χ4n) is 4.96. The van der Waals surface area contributed by atoms with E-state index in [1.54, 1.807) is 37.3 Å². The highest BCUT2D eigenvalue weighted by atomic mass is 19.1. The molecule has 0 aromatic heterocycles. The molecule has 190 valence electrons. The number of aliphatic hydroxyl groups is 1. The standard InChI is InChI=1S/C29H32FNO5/c1-18-13-19(9-12-26(18)30)24-16-23(36-28(34)31-20-7-5-4-6-8-20)17-29(2,3)25(24)11-10-22-14-21(32)15-27(33)35-22/h4-13,21-23,32H,14-17H2,1-3H3,(H,31,34)/b11-10+/t21-,22-,23?/m0/s1. The molecule has 1 fully saturated rings. The van der Waals surface area contributed by atoms with Crippen LogP contribution in [0.4, 0.5) is 14.9 Å². The van der Waals surface area contributed by atoms with Crippen LogP contribution < -0.4 is 5.32 Å². The number of esters is 1. The highest BCUT2D eigenvalue weighted by molar-refractivity contribution is 5.85. The summed E-state index contributed by atoms with van der Waals surface area (Å²) >= 11 is 0. The molecule has 1 aliphatic carbocycles. The third-order valence-corrected chi connectivity index (χ3v) is 6.69. The van der Waals surface area contributed by atoms with Crippen molar-refractivity contribution in [2.24, 2.45) is 5.41 Å². The Morgan fingerprint density at radius 2 is 1.94 bits per heavy atom. The lowest BCUT2D eigenvalue weighted by molar-refractivity contribution is -0.156. The van der Waals surface area contributed by atoms with Gasteiger partial charge >= 0.3 is 12.1 Å². The summed E-state index contributed by atoms with van der Waals surface area (Å²) in [5.41, 5.74) is 3.55. The van der Waals surface area contributed by atoms with Gasteiger partial charge in [0.15, 0.2) is 0 Å². The summed E-state index contributed by atoms with van der Waals surface area (Å²) < 4.78 is 25.3. The molecule has 0 saturated carbocycles. The lowest BCUT2D eigenvalue weighted by Crippen LogP contribution is -2.34. The number of ether oxygens (including phenoxy) is 2. The third-order valence-electron chi connectivity index (χ3n) is 6.69. The summed E-state index contributed by atoms with van der Waals surface area (Å²) in [5.74, 6) is -0.711. The van der Waals surface area contributed by atoms with Gasteiger partial charge in [0, 0.05) is 18.5 Å². The Labute approximate surface area is 210 Å². The van der Waals surface area contributed by atoms with E-state index in [2.05, 4.69) is 19.2 Å². The van der Waals surface area contributed by atoms with Crippen molar-refractivity contribution in [2.45, 2.75) is 64.8 Å². The van der Waals surface area contributed by atoms with E-state index in [4.69, 9.17) is 9.47 Å². The van der Waals surface area contributed by atoms with Gasteiger partial charge in [0.25, 0.3) is 0 Å². The minimum absolute atomic E-state index is 0.00268. The second-order valence-corrected chi connectivity index (χ2v) is 10.1. The molecule has 0 spiro atoms. The fourth-order valence-corrected chi connectivity index (χ4v) is 4.96. The summed E-state index contributed by atoms with van der Waals surface area (Å²) in [6.07, 6.45) is 2.93. The molecule has 0 radical (unpaired) electrons. The van der Waals surface area contributed by atoms with Crippen molar-refractivity contribution in [1.82, 2.24) is 0 Å². The number of amides is 1. The number of allylic oxidation sites excluding steroid dienone is 2. The topological polar surface area (TPSA) is 84.9 Å². The van der Waals surface area contributed by atoms with Gasteiger partial charge in [-0.25, -0.2) is 9.18 Å². The Morgan fingerprint density at radius 3 is 2.64 bits per heavy atom. The third kappa shape index (κ3) is 6.21. The monoisotopic (exact) mass is 493 g/mol. The molecule has 3 atom stereocenters. The van der Waals surface area contributed by atoms with E-state index in [1.165, 1.54) is 6.07 Å². The van der Waals surface area contributed by atoms with Gasteiger partial charge in [-0.15, -0.1) is 0 Å². The number of rotatable bonds is 5. The first kappa shape index (κ1) is 25.6. The minimum Gasteiger partial charge on any atom is -0.458 e. The number of aliphatic hydroxyl groups excluding tert-OH is 1. The van der Waals surface area contributed by atoms with E-state index in [-0.39, 0.29) is 12.2 Å². The maximum atomic E-state index is 14.1. The summed E-state index contributed by atoms with van der Waals surface area (Å²) in [7, 11) is 0. The van der Waals surface area contributed by atoms with Crippen molar-refractivity contribution < 1.29 is 28.6 Å². The highest BCUT2D eigenvalue weighted by Crippen LogP contribution is 2.46. The molecular formula is C29H32FNO5. The molecule has 1 aliphatic heterocycles. The number of anilines is 1. The number of cyclic esters (lactones) is 1. The normalized spacial score (nSPS) is 23.9. The number of carbonyl (C=O) groups is 2. The molecule has 2 aromatic carbocycles. The van der Waals surface area contributed by atoms with Gasteiger partial charge < -0.3 is 14.6 Å². The van der Waals surface area contributed by atoms with Crippen LogP contribution in [-0.2, 0) is 14.3 Å². The molecule has 1 unspecified atom stereocenters. The average Bonchev–Trinajstić information content (AvgIpc) is 2.79. The van der Waals surface area contributed by atoms with Crippen LogP contribution in [-0.4, -0.2) is 35.5 Å². The lowest BCUT2D eigenvalue weighted by Gasteiger charge is -2.38. The molecule has 1 saturated heterocycles. The predicted octanol–water partition coefficient (Wildman–Crippen LogP) is 5.95. The first-order valence-electron chi connectivity index (χ1n) is 12.2. The highest BCUT2D eigenvalue weighted by Gasteiger charge is 2.37. The number of hydrogen-bond donors (Lipinski definition) is 2. The zero-order valence-electron chi connectivity index (χ0n) is 20.8. The molecule has 0 bridgehead atoms. The van der Waals surface area contributed by atoms with Gasteiger partial charge in [-0.05, 0) is 71.4 Å². The quantitative estimate of drug-likeness (QED) is 0.503. The van der Waals surface area contributed by atoms with Crippen LogP contribution in [0.15, 0.2) is 66.3 Å². The minimum atomic E-state index is -0.727. The Morgan fingerprint density at radius 1 is 1.19 bits per heavy atom. The Kier molecular flexibility index (Phi) is 7.59. The number of halogens is 1. The van der Waals surface area contributed by atoms with Crippen LogP contribution in [0.5, 0.6) is 0 Å². The largest absolute Gasteiger partial charge is 0.458 e. The summed E-state index contributed by atoms with van der Waals surface area (Å²) in [6.45, 7) is 5.85. The van der Waals surface area contributed by atoms with Crippen LogP contribution >= 0.6 is 0 Å². The number of hydrogen-bond acceptors (Lipinski definition) is 5. The van der Waals surface area contributed by atoms with Gasteiger partial charge in [0.05, 0.1) is 12.5 Å². The Bertz CT molecular complexity index is 1190. The van der Waals surface area contributed by atoms with Crippen molar-refractivity contribution in [3.8, 4) is 0 Å². The van der Waals surface area contributed by atoms with Gasteiger partial charge in [0.1, 0.15) is 18.0 Å². The molecule has 6 nitrogen and oxygen atoms in total. The van der Waals surface area contributed by atoms with Crippen LogP contribution in [0.3, 0.4) is 0 Å². The number of benzene rings is 2. The molecule has 2 aromatic rings. The molecule has 2 aliphatic rings. The van der Waals surface area contributed by atoms with E-state index in [0.29, 0.717) is 30.5 Å². The summed E-state index contributed by atoms with van der Waals surface area (Å²) in [5, 5.41) is 12.7. The van der Waals surface area contributed by atoms with Gasteiger partial charge in [-0.2, -0.15) is 0 Å². The molecule has 1 heterocycles.